The van der Waals surface area contributed by atoms with Crippen molar-refractivity contribution in [2.75, 3.05) is 18.6 Å². The van der Waals surface area contributed by atoms with Gasteiger partial charge >= 0.3 is 0 Å². The minimum absolute atomic E-state index is 0.0574. The Morgan fingerprint density at radius 2 is 1.94 bits per heavy atom. The third kappa shape index (κ3) is 2.48. The number of rotatable bonds is 4. The Balaban J connectivity index is 2.10. The maximum Gasteiger partial charge on any atom is 0.258 e. The first-order chi connectivity index (χ1) is 7.94. The first kappa shape index (κ1) is 12.9. The topological polar surface area (TPSA) is 66.8 Å². The third-order valence-electron chi connectivity index (χ3n) is 3.06. The van der Waals surface area contributed by atoms with Crippen LogP contribution in [0.15, 0.2) is 0 Å². The van der Waals surface area contributed by atoms with E-state index in [1.807, 2.05) is 6.26 Å². The second kappa shape index (κ2) is 4.59. The van der Waals surface area contributed by atoms with Crippen LogP contribution >= 0.6 is 11.8 Å². The van der Waals surface area contributed by atoms with Crippen LogP contribution < -0.4 is 0 Å². The molecule has 0 radical (unpaired) electrons. The molecule has 0 aromatic carbocycles. The largest absolute Gasteiger partial charge is 0.387 e. The Hall–Kier alpha value is -0.590. The van der Waals surface area contributed by atoms with Gasteiger partial charge in [-0.2, -0.15) is 11.8 Å². The highest BCUT2D eigenvalue weighted by Crippen LogP contribution is 2.29. The van der Waals surface area contributed by atoms with Crippen LogP contribution in [0.2, 0.25) is 0 Å². The molecule has 2 saturated heterocycles. The average Bonchev–Trinajstić information content (AvgIpc) is 2.68. The quantitative estimate of drug-likeness (QED) is 0.721. The van der Waals surface area contributed by atoms with E-state index in [1.165, 1.54) is 16.7 Å². The molecular weight excluding hydrogens is 242 g/mol. The molecule has 2 aliphatic heterocycles. The van der Waals surface area contributed by atoms with Gasteiger partial charge in [-0.15, -0.1) is 0 Å². The lowest BCUT2D eigenvalue weighted by molar-refractivity contribution is -0.171. The predicted octanol–water partition coefficient (Wildman–Crippen LogP) is 0.0168. The summed E-state index contributed by atoms with van der Waals surface area (Å²) in [5, 5.41) is 10.1. The van der Waals surface area contributed by atoms with Crippen LogP contribution in [0.3, 0.4) is 0 Å². The van der Waals surface area contributed by atoms with Gasteiger partial charge in [0.15, 0.2) is 0 Å². The lowest BCUT2D eigenvalue weighted by atomic mass is 10.1. The molecule has 0 aliphatic carbocycles. The Kier molecular flexibility index (Phi) is 3.47. The van der Waals surface area contributed by atoms with Gasteiger partial charge < -0.3 is 9.84 Å². The minimum Gasteiger partial charge on any atom is -0.387 e. The number of fused-ring (bicyclic) bond motifs is 2. The number of aliphatic hydroxyl groups is 1. The van der Waals surface area contributed by atoms with Crippen LogP contribution in [-0.2, 0) is 14.3 Å². The van der Waals surface area contributed by atoms with Gasteiger partial charge in [-0.1, -0.05) is 0 Å². The van der Waals surface area contributed by atoms with Crippen LogP contribution in [0.1, 0.15) is 19.8 Å². The Morgan fingerprint density at radius 1 is 1.41 bits per heavy atom. The van der Waals surface area contributed by atoms with E-state index in [1.54, 1.807) is 6.92 Å². The molecule has 2 fully saturated rings. The zero-order chi connectivity index (χ0) is 12.6. The molecule has 2 heterocycles. The molecular formula is C11H17NO4S. The van der Waals surface area contributed by atoms with Crippen molar-refractivity contribution in [1.82, 2.24) is 4.90 Å². The van der Waals surface area contributed by atoms with E-state index < -0.39 is 17.8 Å². The molecule has 6 heteroatoms. The van der Waals surface area contributed by atoms with E-state index in [9.17, 15) is 14.7 Å². The fourth-order valence-corrected chi connectivity index (χ4v) is 3.02. The summed E-state index contributed by atoms with van der Waals surface area (Å²) < 4.78 is 5.30. The van der Waals surface area contributed by atoms with Crippen molar-refractivity contribution in [3.05, 3.63) is 0 Å². The standard InChI is InChI=1S/C11H17NO4S/c1-11(15,6-17-2)5-12-9(13)7-3-4-8(16-7)10(12)14/h7-8,15H,3-6H2,1-2H3. The second-order valence-electron chi connectivity index (χ2n) is 4.88. The lowest BCUT2D eigenvalue weighted by Gasteiger charge is -2.34. The summed E-state index contributed by atoms with van der Waals surface area (Å²) >= 11 is 1.49. The monoisotopic (exact) mass is 259 g/mol. The van der Waals surface area contributed by atoms with Crippen molar-refractivity contribution in [3.63, 3.8) is 0 Å². The summed E-state index contributed by atoms with van der Waals surface area (Å²) in [7, 11) is 0. The van der Waals surface area contributed by atoms with Gasteiger partial charge in [-0.05, 0) is 26.0 Å². The van der Waals surface area contributed by atoms with E-state index in [-0.39, 0.29) is 18.4 Å². The maximum absolute atomic E-state index is 11.9. The number of morpholine rings is 1. The van der Waals surface area contributed by atoms with Gasteiger partial charge in [0.1, 0.15) is 12.2 Å². The number of hydrogen-bond acceptors (Lipinski definition) is 5. The number of hydrogen-bond donors (Lipinski definition) is 1. The number of thioether (sulfide) groups is 1. The highest BCUT2D eigenvalue weighted by molar-refractivity contribution is 7.98. The van der Waals surface area contributed by atoms with Crippen molar-refractivity contribution in [2.45, 2.75) is 37.6 Å². The number of β-amino-alcohol motifs (C(OH)–C–C–N with tert-alkyl or cyclic N) is 1. The van der Waals surface area contributed by atoms with E-state index in [0.717, 1.165) is 0 Å². The molecule has 0 saturated carbocycles. The number of carbonyl (C=O) groups excluding carboxylic acids is 2. The van der Waals surface area contributed by atoms with Crippen LogP contribution in [0, 0.1) is 0 Å². The zero-order valence-corrected chi connectivity index (χ0v) is 10.8. The highest BCUT2D eigenvalue weighted by atomic mass is 32.2. The molecule has 96 valence electrons. The first-order valence-electron chi connectivity index (χ1n) is 5.66. The molecule has 5 nitrogen and oxygen atoms in total. The van der Waals surface area contributed by atoms with E-state index in [2.05, 4.69) is 0 Å². The second-order valence-corrected chi connectivity index (χ2v) is 5.75. The number of ether oxygens (including phenoxy) is 1. The van der Waals surface area contributed by atoms with Gasteiger partial charge in [0, 0.05) is 5.75 Å². The van der Waals surface area contributed by atoms with Gasteiger partial charge in [-0.3, -0.25) is 14.5 Å². The summed E-state index contributed by atoms with van der Waals surface area (Å²) in [6.45, 7) is 1.70. The fourth-order valence-electron chi connectivity index (χ4n) is 2.31. The number of imide groups is 1. The Bertz CT molecular complexity index is 322. The number of nitrogens with zero attached hydrogens (tertiary/aromatic N) is 1. The smallest absolute Gasteiger partial charge is 0.258 e. The summed E-state index contributed by atoms with van der Waals surface area (Å²) in [6.07, 6.45) is 2.12. The molecule has 17 heavy (non-hydrogen) atoms. The van der Waals surface area contributed by atoms with Crippen LogP contribution in [-0.4, -0.2) is 58.2 Å². The van der Waals surface area contributed by atoms with E-state index in [0.29, 0.717) is 18.6 Å². The Morgan fingerprint density at radius 3 is 2.41 bits per heavy atom. The van der Waals surface area contributed by atoms with Crippen LogP contribution in [0.5, 0.6) is 0 Å². The zero-order valence-electron chi connectivity index (χ0n) is 10.0. The summed E-state index contributed by atoms with van der Waals surface area (Å²) in [4.78, 5) is 25.0. The van der Waals surface area contributed by atoms with Crippen molar-refractivity contribution in [1.29, 1.82) is 0 Å². The molecule has 2 rings (SSSR count). The molecule has 2 aliphatic rings. The predicted molar refractivity (Wildman–Crippen MR) is 63.6 cm³/mol. The average molecular weight is 259 g/mol. The molecule has 0 aromatic heterocycles. The third-order valence-corrected chi connectivity index (χ3v) is 3.97. The van der Waals surface area contributed by atoms with Crippen LogP contribution in [0.4, 0.5) is 0 Å². The van der Waals surface area contributed by atoms with Crippen molar-refractivity contribution >= 4 is 23.6 Å². The summed E-state index contributed by atoms with van der Waals surface area (Å²) in [5.41, 5.74) is -1.04. The van der Waals surface area contributed by atoms with Crippen molar-refractivity contribution < 1.29 is 19.4 Å². The van der Waals surface area contributed by atoms with Gasteiger partial charge in [-0.25, -0.2) is 0 Å². The Labute approximate surface area is 104 Å². The van der Waals surface area contributed by atoms with Gasteiger partial charge in [0.2, 0.25) is 0 Å². The minimum atomic E-state index is -1.04. The van der Waals surface area contributed by atoms with E-state index >= 15 is 0 Å². The van der Waals surface area contributed by atoms with Crippen molar-refractivity contribution in [2.24, 2.45) is 0 Å². The first-order valence-corrected chi connectivity index (χ1v) is 7.06. The number of carbonyl (C=O) groups is 2. The van der Waals surface area contributed by atoms with Crippen molar-refractivity contribution in [3.8, 4) is 0 Å². The number of amides is 2. The molecule has 3 atom stereocenters. The maximum atomic E-state index is 11.9. The lowest BCUT2D eigenvalue weighted by Crippen LogP contribution is -2.56. The number of likely N-dealkylation sites (tertiary alicyclic amines) is 1. The van der Waals surface area contributed by atoms with Gasteiger partial charge in [0.05, 0.1) is 12.1 Å². The molecule has 1 N–H and O–H groups in total. The molecule has 2 bridgehead atoms. The normalized spacial score (nSPS) is 31.8. The van der Waals surface area contributed by atoms with Crippen LogP contribution in [0.25, 0.3) is 0 Å². The molecule has 0 aromatic rings. The summed E-state index contributed by atoms with van der Waals surface area (Å²) in [6, 6.07) is 0. The molecule has 3 unspecified atom stereocenters. The summed E-state index contributed by atoms with van der Waals surface area (Å²) in [5.74, 6) is -0.115. The SMILES string of the molecule is CSCC(C)(O)CN1C(=O)C2CCC(O2)C1=O. The highest BCUT2D eigenvalue weighted by Gasteiger charge is 2.47. The fraction of sp³-hybridized carbons (Fsp3) is 0.818. The van der Waals surface area contributed by atoms with E-state index in [4.69, 9.17) is 4.74 Å². The molecule has 0 spiro atoms. The van der Waals surface area contributed by atoms with Gasteiger partial charge in [0.25, 0.3) is 11.8 Å². The molecule has 2 amide bonds.